The van der Waals surface area contributed by atoms with Crippen molar-refractivity contribution in [2.24, 2.45) is 0 Å². The van der Waals surface area contributed by atoms with Gasteiger partial charge in [-0.25, -0.2) is 23.6 Å². The molecule has 1 atom stereocenters. The average molecular weight is 621 g/mol. The standard InChI is InChI=1S/C28H36F4N8O2Si/c1-17-15-41-10-9-38(17)23-14-21(35-27(36-23)40-22-8-7-19(29)13-20(22)34-26(40)33-3)24-18(2)39(37-25(24)28(30,31)32)16-42-11-12-43(4,5)6/h7-8,13-14,17H,9-12,15-16H2,1-6H3,(H,33,34)/t17-/m1/s1. The van der Waals surface area contributed by atoms with Gasteiger partial charge in [-0.3, -0.25) is 0 Å². The van der Waals surface area contributed by atoms with Crippen molar-refractivity contribution in [2.75, 3.05) is 43.6 Å². The van der Waals surface area contributed by atoms with Crippen molar-refractivity contribution >= 4 is 30.9 Å². The smallest absolute Gasteiger partial charge is 0.377 e. The first-order valence-electron chi connectivity index (χ1n) is 14.1. The molecule has 10 nitrogen and oxygen atoms in total. The Morgan fingerprint density at radius 2 is 1.91 bits per heavy atom. The second kappa shape index (κ2) is 11.8. The zero-order valence-corrected chi connectivity index (χ0v) is 26.1. The van der Waals surface area contributed by atoms with Crippen molar-refractivity contribution in [3.05, 3.63) is 41.5 Å². The molecule has 0 amide bonds. The third-order valence-electron chi connectivity index (χ3n) is 7.34. The van der Waals surface area contributed by atoms with E-state index in [-0.39, 0.29) is 35.7 Å². The van der Waals surface area contributed by atoms with Crippen LogP contribution in [0.25, 0.3) is 28.2 Å². The van der Waals surface area contributed by atoms with Crippen LogP contribution in [0, 0.1) is 12.7 Å². The minimum absolute atomic E-state index is 0.0443. The SMILES string of the molecule is CNc1nc2cc(F)ccc2n1-c1nc(-c2c(C(F)(F)F)nn(COCC[Si](C)(C)C)c2C)cc(N2CCOC[C@H]2C)n1. The van der Waals surface area contributed by atoms with E-state index in [1.807, 2.05) is 11.8 Å². The van der Waals surface area contributed by atoms with E-state index in [2.05, 4.69) is 40.0 Å². The molecule has 0 saturated carbocycles. The van der Waals surface area contributed by atoms with Crippen LogP contribution in [0.1, 0.15) is 18.3 Å². The number of fused-ring (bicyclic) bond motifs is 1. The van der Waals surface area contributed by atoms with E-state index < -0.39 is 25.8 Å². The molecule has 1 fully saturated rings. The molecule has 5 rings (SSSR count). The first kappa shape index (κ1) is 30.9. The third-order valence-corrected chi connectivity index (χ3v) is 9.05. The van der Waals surface area contributed by atoms with Gasteiger partial charge in [0.05, 0.1) is 41.5 Å². The second-order valence-electron chi connectivity index (χ2n) is 11.8. The van der Waals surface area contributed by atoms with Gasteiger partial charge in [0.2, 0.25) is 11.9 Å². The van der Waals surface area contributed by atoms with Gasteiger partial charge in [-0.2, -0.15) is 23.3 Å². The number of hydrogen-bond acceptors (Lipinski definition) is 8. The molecular formula is C28H36F4N8O2Si. The van der Waals surface area contributed by atoms with Gasteiger partial charge >= 0.3 is 6.18 Å². The summed E-state index contributed by atoms with van der Waals surface area (Å²) in [5.41, 5.74) is -0.0807. The highest BCUT2D eigenvalue weighted by Gasteiger charge is 2.40. The van der Waals surface area contributed by atoms with Crippen molar-refractivity contribution < 1.29 is 27.0 Å². The number of nitrogens with zero attached hydrogens (tertiary/aromatic N) is 7. The molecular weight excluding hydrogens is 584 g/mol. The Morgan fingerprint density at radius 3 is 2.58 bits per heavy atom. The van der Waals surface area contributed by atoms with E-state index in [1.165, 1.54) is 22.9 Å². The van der Waals surface area contributed by atoms with Crippen LogP contribution in [0.15, 0.2) is 24.3 Å². The Kier molecular flexibility index (Phi) is 8.51. The molecule has 232 valence electrons. The fourth-order valence-corrected chi connectivity index (χ4v) is 5.75. The summed E-state index contributed by atoms with van der Waals surface area (Å²) >= 11 is 0. The summed E-state index contributed by atoms with van der Waals surface area (Å²) in [5, 5.41) is 6.91. The molecule has 4 heterocycles. The Labute approximate surface area is 248 Å². The van der Waals surface area contributed by atoms with Crippen LogP contribution in [0.4, 0.5) is 29.3 Å². The molecule has 0 spiro atoms. The topological polar surface area (TPSA) is 95.2 Å². The van der Waals surface area contributed by atoms with Crippen molar-refractivity contribution in [1.82, 2.24) is 29.3 Å². The van der Waals surface area contributed by atoms with Gasteiger partial charge in [0.25, 0.3) is 0 Å². The predicted molar refractivity (Wildman–Crippen MR) is 159 cm³/mol. The maximum absolute atomic E-state index is 14.5. The number of rotatable bonds is 9. The summed E-state index contributed by atoms with van der Waals surface area (Å²) in [6.07, 6.45) is -4.75. The van der Waals surface area contributed by atoms with E-state index in [1.54, 1.807) is 24.6 Å². The van der Waals surface area contributed by atoms with Crippen molar-refractivity contribution in [3.8, 4) is 17.2 Å². The molecule has 1 saturated heterocycles. The molecule has 1 N–H and O–H groups in total. The summed E-state index contributed by atoms with van der Waals surface area (Å²) in [4.78, 5) is 15.9. The van der Waals surface area contributed by atoms with Gasteiger partial charge in [0.15, 0.2) is 5.69 Å². The summed E-state index contributed by atoms with van der Waals surface area (Å²) in [7, 11) is 0.252. The lowest BCUT2D eigenvalue weighted by Gasteiger charge is -2.34. The van der Waals surface area contributed by atoms with E-state index in [9.17, 15) is 17.6 Å². The van der Waals surface area contributed by atoms with Gasteiger partial charge in [0, 0.05) is 46.1 Å². The number of benzene rings is 1. The number of imidazole rings is 1. The number of ether oxygens (including phenoxy) is 2. The fraction of sp³-hybridized carbons (Fsp3) is 0.500. The van der Waals surface area contributed by atoms with Gasteiger partial charge in [-0.05, 0) is 32.0 Å². The van der Waals surface area contributed by atoms with Crippen LogP contribution in [0.3, 0.4) is 0 Å². The normalized spacial score (nSPS) is 16.3. The van der Waals surface area contributed by atoms with Gasteiger partial charge in [-0.15, -0.1) is 0 Å². The number of anilines is 2. The van der Waals surface area contributed by atoms with Crippen LogP contribution in [0.2, 0.25) is 25.7 Å². The highest BCUT2D eigenvalue weighted by Crippen LogP contribution is 2.39. The Morgan fingerprint density at radius 1 is 1.14 bits per heavy atom. The summed E-state index contributed by atoms with van der Waals surface area (Å²) in [6.45, 7) is 11.8. The number of alkyl halides is 3. The predicted octanol–water partition coefficient (Wildman–Crippen LogP) is 5.72. The summed E-state index contributed by atoms with van der Waals surface area (Å²) in [6, 6.07) is 6.44. The largest absolute Gasteiger partial charge is 0.435 e. The Hall–Kier alpha value is -3.56. The molecule has 0 aliphatic carbocycles. The lowest BCUT2D eigenvalue weighted by Crippen LogP contribution is -2.44. The lowest BCUT2D eigenvalue weighted by molar-refractivity contribution is -0.141. The quantitative estimate of drug-likeness (QED) is 0.144. The molecule has 0 unspecified atom stereocenters. The number of morpholine rings is 1. The Bertz CT molecular complexity index is 1620. The minimum atomic E-state index is -4.75. The summed E-state index contributed by atoms with van der Waals surface area (Å²) < 4.78 is 71.7. The second-order valence-corrected chi connectivity index (χ2v) is 17.5. The maximum atomic E-state index is 14.5. The maximum Gasteiger partial charge on any atom is 0.435 e. The molecule has 0 bridgehead atoms. The van der Waals surface area contributed by atoms with E-state index >= 15 is 0 Å². The van der Waals surface area contributed by atoms with Crippen molar-refractivity contribution in [2.45, 2.75) is 58.5 Å². The zero-order valence-electron chi connectivity index (χ0n) is 25.1. The monoisotopic (exact) mass is 620 g/mol. The van der Waals surface area contributed by atoms with Crippen molar-refractivity contribution in [3.63, 3.8) is 0 Å². The Balaban J connectivity index is 1.68. The molecule has 1 aliphatic heterocycles. The number of nitrogens with one attached hydrogen (secondary N) is 1. The highest BCUT2D eigenvalue weighted by molar-refractivity contribution is 6.76. The van der Waals surface area contributed by atoms with Crippen molar-refractivity contribution in [1.29, 1.82) is 0 Å². The van der Waals surface area contributed by atoms with Gasteiger partial charge in [0.1, 0.15) is 18.4 Å². The van der Waals surface area contributed by atoms with E-state index in [0.717, 1.165) is 6.04 Å². The van der Waals surface area contributed by atoms with Gasteiger partial charge < -0.3 is 19.7 Å². The lowest BCUT2D eigenvalue weighted by atomic mass is 10.1. The molecule has 3 aromatic heterocycles. The third kappa shape index (κ3) is 6.52. The number of hydrogen-bond donors (Lipinski definition) is 1. The molecule has 15 heteroatoms. The van der Waals surface area contributed by atoms with Crippen LogP contribution in [-0.2, 0) is 22.4 Å². The first-order valence-corrected chi connectivity index (χ1v) is 17.8. The first-order chi connectivity index (χ1) is 20.3. The van der Waals surface area contributed by atoms with Crippen LogP contribution in [0.5, 0.6) is 0 Å². The molecule has 4 aromatic rings. The minimum Gasteiger partial charge on any atom is -0.377 e. The molecule has 1 aliphatic rings. The van der Waals surface area contributed by atoms with Gasteiger partial charge in [-0.1, -0.05) is 19.6 Å². The highest BCUT2D eigenvalue weighted by atomic mass is 28.3. The molecule has 1 aromatic carbocycles. The number of halogens is 4. The van der Waals surface area contributed by atoms with Crippen LogP contribution >= 0.6 is 0 Å². The zero-order chi connectivity index (χ0) is 31.1. The van der Waals surface area contributed by atoms with Crippen LogP contribution in [-0.4, -0.2) is 76.8 Å². The molecule has 0 radical (unpaired) electrons. The average Bonchev–Trinajstić information content (AvgIpc) is 3.47. The molecule has 43 heavy (non-hydrogen) atoms. The summed E-state index contributed by atoms with van der Waals surface area (Å²) in [5.74, 6) is 0.338. The van der Waals surface area contributed by atoms with E-state index in [4.69, 9.17) is 14.5 Å². The van der Waals surface area contributed by atoms with E-state index in [0.29, 0.717) is 49.2 Å². The number of aromatic nitrogens is 6. The van der Waals surface area contributed by atoms with Crippen LogP contribution < -0.4 is 10.2 Å². The fourth-order valence-electron chi connectivity index (χ4n) is 4.99.